The Kier molecular flexibility index (Phi) is 6.79. The van der Waals surface area contributed by atoms with E-state index in [1.807, 2.05) is 38.2 Å². The minimum atomic E-state index is -0.601. The summed E-state index contributed by atoms with van der Waals surface area (Å²) in [6.07, 6.45) is 5.62. The number of esters is 1. The second-order valence-electron chi connectivity index (χ2n) is 8.90. The molecule has 0 bridgehead atoms. The SMILES string of the molecule is C=Cn1cc(CN2CCC(Cc3cc(-c4cccc(C)c4)no3)(C(=O)OCC)CC2)c(C)n1. The topological polar surface area (TPSA) is 73.4 Å². The van der Waals surface area contributed by atoms with Crippen LogP contribution in [0.3, 0.4) is 0 Å². The zero-order chi connectivity index (χ0) is 23.4. The Morgan fingerprint density at radius 2 is 2.06 bits per heavy atom. The summed E-state index contributed by atoms with van der Waals surface area (Å²) in [5.41, 5.74) is 4.55. The summed E-state index contributed by atoms with van der Waals surface area (Å²) in [6, 6.07) is 10.1. The van der Waals surface area contributed by atoms with Crippen molar-refractivity contribution < 1.29 is 14.1 Å². The first-order valence-corrected chi connectivity index (χ1v) is 11.5. The Hall–Kier alpha value is -3.19. The first kappa shape index (κ1) is 23.0. The van der Waals surface area contributed by atoms with Gasteiger partial charge in [0.1, 0.15) is 11.5 Å². The zero-order valence-electron chi connectivity index (χ0n) is 19.7. The van der Waals surface area contributed by atoms with E-state index in [-0.39, 0.29) is 5.97 Å². The normalized spacial score (nSPS) is 16.0. The Labute approximate surface area is 195 Å². The molecule has 7 nitrogen and oxygen atoms in total. The number of aryl methyl sites for hydroxylation is 2. The average molecular weight is 449 g/mol. The third-order valence-corrected chi connectivity index (χ3v) is 6.51. The van der Waals surface area contributed by atoms with Crippen molar-refractivity contribution in [1.29, 1.82) is 0 Å². The predicted molar refractivity (Wildman–Crippen MR) is 127 cm³/mol. The molecule has 0 radical (unpaired) electrons. The van der Waals surface area contributed by atoms with E-state index in [9.17, 15) is 4.79 Å². The highest BCUT2D eigenvalue weighted by atomic mass is 16.5. The molecule has 33 heavy (non-hydrogen) atoms. The lowest BCUT2D eigenvalue weighted by molar-refractivity contribution is -0.159. The number of piperidine rings is 1. The van der Waals surface area contributed by atoms with Crippen molar-refractivity contribution in [2.75, 3.05) is 19.7 Å². The monoisotopic (exact) mass is 448 g/mol. The molecule has 3 heterocycles. The number of aromatic nitrogens is 3. The first-order chi connectivity index (χ1) is 15.9. The second-order valence-corrected chi connectivity index (χ2v) is 8.90. The van der Waals surface area contributed by atoms with E-state index < -0.39 is 5.41 Å². The molecule has 1 aromatic carbocycles. The Morgan fingerprint density at radius 1 is 1.27 bits per heavy atom. The van der Waals surface area contributed by atoms with Crippen LogP contribution < -0.4 is 0 Å². The lowest BCUT2D eigenvalue weighted by atomic mass is 9.74. The van der Waals surface area contributed by atoms with Crippen LogP contribution in [-0.2, 0) is 22.5 Å². The van der Waals surface area contributed by atoms with Gasteiger partial charge in [-0.15, -0.1) is 0 Å². The molecule has 1 saturated heterocycles. The van der Waals surface area contributed by atoms with Crippen LogP contribution in [0.5, 0.6) is 0 Å². The lowest BCUT2D eigenvalue weighted by Crippen LogP contribution is -2.46. The fourth-order valence-corrected chi connectivity index (χ4v) is 4.56. The Morgan fingerprint density at radius 3 is 2.73 bits per heavy atom. The number of carbonyl (C=O) groups is 1. The maximum absolute atomic E-state index is 13.1. The van der Waals surface area contributed by atoms with Gasteiger partial charge in [-0.1, -0.05) is 35.5 Å². The summed E-state index contributed by atoms with van der Waals surface area (Å²) < 4.78 is 12.9. The summed E-state index contributed by atoms with van der Waals surface area (Å²) in [7, 11) is 0. The van der Waals surface area contributed by atoms with Crippen molar-refractivity contribution in [2.45, 2.75) is 46.6 Å². The van der Waals surface area contributed by atoms with E-state index in [2.05, 4.69) is 40.8 Å². The van der Waals surface area contributed by atoms with Gasteiger partial charge in [-0.3, -0.25) is 9.69 Å². The third-order valence-electron chi connectivity index (χ3n) is 6.51. The molecule has 4 rings (SSSR count). The van der Waals surface area contributed by atoms with Gasteiger partial charge in [-0.2, -0.15) is 5.10 Å². The standard InChI is InChI=1S/C26H32N4O3/c1-5-30-18-22(20(4)27-30)17-29-12-10-26(11-13-29,25(31)32-6-2)16-23-15-24(28-33-23)21-9-7-8-19(3)14-21/h5,7-9,14-15,18H,1,6,10-13,16-17H2,2-4H3. The Balaban J connectivity index is 1.48. The van der Waals surface area contributed by atoms with Crippen LogP contribution >= 0.6 is 0 Å². The van der Waals surface area contributed by atoms with Crippen molar-refractivity contribution in [3.8, 4) is 11.3 Å². The number of likely N-dealkylation sites (tertiary alicyclic amines) is 1. The highest BCUT2D eigenvalue weighted by Crippen LogP contribution is 2.38. The number of carbonyl (C=O) groups excluding carboxylic acids is 1. The smallest absolute Gasteiger partial charge is 0.312 e. The van der Waals surface area contributed by atoms with Gasteiger partial charge in [-0.25, -0.2) is 4.68 Å². The summed E-state index contributed by atoms with van der Waals surface area (Å²) in [4.78, 5) is 15.4. The van der Waals surface area contributed by atoms with Crippen LogP contribution in [-0.4, -0.2) is 45.5 Å². The van der Waals surface area contributed by atoms with Gasteiger partial charge < -0.3 is 9.26 Å². The predicted octanol–water partition coefficient (Wildman–Crippen LogP) is 4.64. The molecule has 0 spiro atoms. The van der Waals surface area contributed by atoms with E-state index in [1.165, 1.54) is 11.1 Å². The molecule has 2 aromatic heterocycles. The minimum absolute atomic E-state index is 0.145. The molecule has 7 heteroatoms. The van der Waals surface area contributed by atoms with Crippen molar-refractivity contribution in [1.82, 2.24) is 19.8 Å². The molecule has 0 amide bonds. The minimum Gasteiger partial charge on any atom is -0.466 e. The molecule has 0 aliphatic carbocycles. The van der Waals surface area contributed by atoms with Gasteiger partial charge in [0.15, 0.2) is 0 Å². The van der Waals surface area contributed by atoms with Gasteiger partial charge in [0, 0.05) is 42.6 Å². The van der Waals surface area contributed by atoms with Gasteiger partial charge in [0.25, 0.3) is 0 Å². The summed E-state index contributed by atoms with van der Waals surface area (Å²) in [5.74, 6) is 0.574. The number of benzene rings is 1. The third kappa shape index (κ3) is 5.09. The molecule has 174 valence electrons. The van der Waals surface area contributed by atoms with Crippen LogP contribution in [0.1, 0.15) is 42.3 Å². The maximum atomic E-state index is 13.1. The second kappa shape index (κ2) is 9.75. The fraction of sp³-hybridized carbons (Fsp3) is 0.423. The molecule has 1 aliphatic rings. The van der Waals surface area contributed by atoms with Crippen molar-refractivity contribution >= 4 is 12.2 Å². The maximum Gasteiger partial charge on any atom is 0.312 e. The molecule has 0 atom stereocenters. The highest BCUT2D eigenvalue weighted by molar-refractivity contribution is 5.77. The Bertz CT molecular complexity index is 1120. The van der Waals surface area contributed by atoms with E-state index in [1.54, 1.807) is 10.9 Å². The van der Waals surface area contributed by atoms with Crippen molar-refractivity contribution in [2.24, 2.45) is 5.41 Å². The molecule has 3 aromatic rings. The lowest BCUT2D eigenvalue weighted by Gasteiger charge is -2.39. The first-order valence-electron chi connectivity index (χ1n) is 11.5. The number of hydrogen-bond donors (Lipinski definition) is 0. The largest absolute Gasteiger partial charge is 0.466 e. The van der Waals surface area contributed by atoms with Gasteiger partial charge >= 0.3 is 5.97 Å². The average Bonchev–Trinajstić information content (AvgIpc) is 3.41. The number of rotatable bonds is 8. The van der Waals surface area contributed by atoms with Crippen LogP contribution in [0.15, 0.2) is 47.6 Å². The number of ether oxygens (including phenoxy) is 1. The molecule has 0 unspecified atom stereocenters. The quantitative estimate of drug-likeness (QED) is 0.467. The van der Waals surface area contributed by atoms with E-state index >= 15 is 0 Å². The summed E-state index contributed by atoms with van der Waals surface area (Å²) in [5, 5.41) is 8.71. The van der Waals surface area contributed by atoms with Gasteiger partial charge in [0.2, 0.25) is 0 Å². The molecule has 1 aliphatic heterocycles. The van der Waals surface area contributed by atoms with E-state index in [4.69, 9.17) is 9.26 Å². The van der Waals surface area contributed by atoms with Gasteiger partial charge in [-0.05, 0) is 52.8 Å². The molecular weight excluding hydrogens is 416 g/mol. The highest BCUT2D eigenvalue weighted by Gasteiger charge is 2.44. The summed E-state index contributed by atoms with van der Waals surface area (Å²) in [6.45, 7) is 12.5. The van der Waals surface area contributed by atoms with Crippen LogP contribution in [0.4, 0.5) is 0 Å². The van der Waals surface area contributed by atoms with E-state index in [0.717, 1.165) is 42.3 Å². The van der Waals surface area contributed by atoms with Gasteiger partial charge in [0.05, 0.1) is 17.7 Å². The zero-order valence-corrected chi connectivity index (χ0v) is 19.7. The molecule has 1 fully saturated rings. The molecular formula is C26H32N4O3. The van der Waals surface area contributed by atoms with Crippen molar-refractivity contribution in [3.05, 3.63) is 65.7 Å². The number of nitrogens with zero attached hydrogens (tertiary/aromatic N) is 4. The van der Waals surface area contributed by atoms with Crippen LogP contribution in [0, 0.1) is 19.3 Å². The van der Waals surface area contributed by atoms with Crippen molar-refractivity contribution in [3.63, 3.8) is 0 Å². The van der Waals surface area contributed by atoms with E-state index in [0.29, 0.717) is 25.9 Å². The van der Waals surface area contributed by atoms with Crippen LogP contribution in [0.2, 0.25) is 0 Å². The summed E-state index contributed by atoms with van der Waals surface area (Å²) >= 11 is 0. The number of hydrogen-bond acceptors (Lipinski definition) is 6. The molecule has 0 N–H and O–H groups in total. The van der Waals surface area contributed by atoms with Crippen LogP contribution in [0.25, 0.3) is 17.5 Å². The molecule has 0 saturated carbocycles. The fourth-order valence-electron chi connectivity index (χ4n) is 4.56.